The average Bonchev–Trinajstić information content (AvgIpc) is 2.29. The minimum Gasteiger partial charge on any atom is -0.652 e. The van der Waals surface area contributed by atoms with Crippen molar-refractivity contribution in [2.24, 2.45) is 5.92 Å². The molecule has 7 heteroatoms. The van der Waals surface area contributed by atoms with Crippen LogP contribution in [0.4, 0.5) is 0 Å². The number of rotatable bonds is 8. The molecular weight excluding hydrogens is 267 g/mol. The monoisotopic (exact) mass is 290 g/mol. The van der Waals surface area contributed by atoms with Crippen LogP contribution in [0.25, 0.3) is 0 Å². The summed E-state index contributed by atoms with van der Waals surface area (Å²) in [5.41, 5.74) is 0. The van der Waals surface area contributed by atoms with E-state index >= 15 is 0 Å². The number of unbranched alkanes of at least 4 members (excludes halogenated alkanes) is 1. The van der Waals surface area contributed by atoms with Gasteiger partial charge in [0.05, 0.1) is 12.4 Å². The van der Waals surface area contributed by atoms with Gasteiger partial charge in [-0.1, -0.05) is 39.6 Å². The first-order valence-electron chi connectivity index (χ1n) is 5.85. The average molecular weight is 290 g/mol. The van der Waals surface area contributed by atoms with Crippen LogP contribution in [0.15, 0.2) is 0 Å². The Morgan fingerprint density at radius 1 is 1.28 bits per heavy atom. The van der Waals surface area contributed by atoms with Crippen molar-refractivity contribution < 1.29 is 52.1 Å². The first-order chi connectivity index (χ1) is 7.91. The predicted molar refractivity (Wildman–Crippen MR) is 67.0 cm³/mol. The Labute approximate surface area is 133 Å². The Bertz CT molecular complexity index is 267. The molecular formula is C11H23NaO5S. The summed E-state index contributed by atoms with van der Waals surface area (Å²) in [6.45, 7) is 7.66. The van der Waals surface area contributed by atoms with Gasteiger partial charge in [-0.15, -0.1) is 0 Å². The Hall–Kier alpha value is 0.380. The topological polar surface area (TPSA) is 80.7 Å². The van der Waals surface area contributed by atoms with Gasteiger partial charge >= 0.3 is 29.6 Å². The third-order valence-corrected chi connectivity index (χ3v) is 3.02. The van der Waals surface area contributed by atoms with E-state index in [0.29, 0.717) is 12.5 Å². The zero-order valence-corrected chi connectivity index (χ0v) is 14.6. The molecule has 1 N–H and O–H groups in total. The van der Waals surface area contributed by atoms with Crippen molar-refractivity contribution in [3.8, 4) is 0 Å². The van der Waals surface area contributed by atoms with E-state index in [1.165, 1.54) is 26.2 Å². The van der Waals surface area contributed by atoms with Crippen molar-refractivity contribution in [3.05, 3.63) is 0 Å². The maximum atomic E-state index is 9.75. The Morgan fingerprint density at radius 3 is 2.06 bits per heavy atom. The molecule has 0 saturated carbocycles. The zero-order valence-electron chi connectivity index (χ0n) is 11.8. The molecule has 0 aliphatic heterocycles. The molecule has 0 aromatic heterocycles. The van der Waals surface area contributed by atoms with Crippen LogP contribution in [-0.4, -0.2) is 31.8 Å². The smallest absolute Gasteiger partial charge is 0.652 e. The largest absolute Gasteiger partial charge is 1.00 e. The zero-order chi connectivity index (χ0) is 13.7. The molecule has 0 aliphatic rings. The summed E-state index contributed by atoms with van der Waals surface area (Å²) >= 11 is 0. The predicted octanol–water partition coefficient (Wildman–Crippen LogP) is -0.815. The van der Waals surface area contributed by atoms with Gasteiger partial charge in [-0.05, 0) is 19.3 Å². The van der Waals surface area contributed by atoms with Gasteiger partial charge in [0.2, 0.25) is 0 Å². The molecule has 1 unspecified atom stereocenters. The van der Waals surface area contributed by atoms with E-state index < -0.39 is 10.1 Å². The van der Waals surface area contributed by atoms with E-state index in [0.717, 1.165) is 12.8 Å². The minimum atomic E-state index is -3.66. The van der Waals surface area contributed by atoms with Gasteiger partial charge in [0, 0.05) is 0 Å². The third kappa shape index (κ3) is 21.6. The fourth-order valence-corrected chi connectivity index (χ4v) is 1.05. The normalized spacial score (nSPS) is 11.6. The molecule has 0 rings (SSSR count). The standard InChI is InChI=1S/C9H17O2.C2H6O3S.Na/c1-3-5-6-9(4-2)7-11-8-10;1-2-6(3,4)5;/h9H,3-7H2,1-2H3;2H2,1H3,(H,3,4,5);/q-1;;+1. The summed E-state index contributed by atoms with van der Waals surface area (Å²) < 4.78 is 31.5. The van der Waals surface area contributed by atoms with Crippen LogP contribution in [-0.2, 0) is 19.6 Å². The molecule has 0 fully saturated rings. The molecule has 5 nitrogen and oxygen atoms in total. The summed E-state index contributed by atoms with van der Waals surface area (Å²) in [4.78, 5) is 9.75. The fraction of sp³-hybridized carbons (Fsp3) is 0.909. The summed E-state index contributed by atoms with van der Waals surface area (Å²) in [6, 6.07) is 0. The summed E-state index contributed by atoms with van der Waals surface area (Å²) in [5, 5.41) is 0. The summed E-state index contributed by atoms with van der Waals surface area (Å²) in [5.74, 6) is 0.337. The van der Waals surface area contributed by atoms with Crippen molar-refractivity contribution in [2.45, 2.75) is 46.5 Å². The van der Waals surface area contributed by atoms with Crippen molar-refractivity contribution in [2.75, 3.05) is 12.4 Å². The number of carbonyl (C=O) groups excluding carboxylic acids is 1. The first-order valence-corrected chi connectivity index (χ1v) is 7.46. The third-order valence-electron chi connectivity index (χ3n) is 2.29. The SMILES string of the molecule is CCCCC(CC)CO[C-]=O.CCS(=O)(=O)O.[Na+]. The van der Waals surface area contributed by atoms with Crippen molar-refractivity contribution in [1.29, 1.82) is 0 Å². The molecule has 0 aromatic rings. The van der Waals surface area contributed by atoms with Crippen molar-refractivity contribution in [3.63, 3.8) is 0 Å². The molecule has 0 aromatic carbocycles. The van der Waals surface area contributed by atoms with Crippen LogP contribution in [0.3, 0.4) is 0 Å². The quantitative estimate of drug-likeness (QED) is 0.359. The molecule has 0 spiro atoms. The van der Waals surface area contributed by atoms with Crippen molar-refractivity contribution >= 4 is 16.6 Å². The van der Waals surface area contributed by atoms with E-state index in [4.69, 9.17) is 4.55 Å². The number of ether oxygens (including phenoxy) is 1. The van der Waals surface area contributed by atoms with Crippen LogP contribution in [0, 0.1) is 5.92 Å². The van der Waals surface area contributed by atoms with Gasteiger partial charge < -0.3 is 9.53 Å². The Kier molecular flexibility index (Phi) is 20.1. The van der Waals surface area contributed by atoms with Crippen molar-refractivity contribution in [1.82, 2.24) is 0 Å². The maximum Gasteiger partial charge on any atom is 1.00 e. The fourth-order valence-electron chi connectivity index (χ4n) is 1.05. The second kappa shape index (κ2) is 15.4. The number of hydrogen-bond donors (Lipinski definition) is 1. The van der Waals surface area contributed by atoms with Gasteiger partial charge in [-0.25, -0.2) is 0 Å². The maximum absolute atomic E-state index is 9.75. The van der Waals surface area contributed by atoms with Crippen LogP contribution in [0.2, 0.25) is 0 Å². The molecule has 0 saturated heterocycles. The van der Waals surface area contributed by atoms with E-state index in [2.05, 4.69) is 18.6 Å². The molecule has 0 aliphatic carbocycles. The molecule has 104 valence electrons. The van der Waals surface area contributed by atoms with E-state index in [9.17, 15) is 13.2 Å². The summed E-state index contributed by atoms with van der Waals surface area (Å²) in [7, 11) is -3.66. The minimum absolute atomic E-state index is 0. The molecule has 0 amide bonds. The van der Waals surface area contributed by atoms with Gasteiger partial charge in [0.25, 0.3) is 10.1 Å². The Morgan fingerprint density at radius 2 is 1.78 bits per heavy atom. The van der Waals surface area contributed by atoms with Gasteiger partial charge in [0.1, 0.15) is 0 Å². The van der Waals surface area contributed by atoms with Crippen LogP contribution < -0.4 is 29.6 Å². The van der Waals surface area contributed by atoms with E-state index in [1.54, 1.807) is 0 Å². The van der Waals surface area contributed by atoms with E-state index in [1.807, 2.05) is 0 Å². The summed E-state index contributed by atoms with van der Waals surface area (Å²) in [6.07, 6.45) is 4.68. The molecule has 0 radical (unpaired) electrons. The first kappa shape index (κ1) is 23.5. The van der Waals surface area contributed by atoms with Crippen LogP contribution in [0.5, 0.6) is 0 Å². The van der Waals surface area contributed by atoms with Gasteiger partial charge in [-0.2, -0.15) is 8.42 Å². The number of hydrogen-bond acceptors (Lipinski definition) is 4. The van der Waals surface area contributed by atoms with E-state index in [-0.39, 0.29) is 35.3 Å². The molecule has 1 atom stereocenters. The second-order valence-corrected chi connectivity index (χ2v) is 5.42. The van der Waals surface area contributed by atoms with Gasteiger partial charge in [0.15, 0.2) is 0 Å². The molecule has 18 heavy (non-hydrogen) atoms. The second-order valence-electron chi connectivity index (χ2n) is 3.68. The molecule has 0 bridgehead atoms. The van der Waals surface area contributed by atoms with Crippen LogP contribution >= 0.6 is 0 Å². The Balaban J connectivity index is -0.000000277. The molecule has 0 heterocycles. The van der Waals surface area contributed by atoms with Gasteiger partial charge in [-0.3, -0.25) is 4.55 Å². The van der Waals surface area contributed by atoms with Crippen LogP contribution in [0.1, 0.15) is 46.5 Å².